The van der Waals surface area contributed by atoms with E-state index in [9.17, 15) is 0 Å². The fourth-order valence-corrected chi connectivity index (χ4v) is 2.10. The minimum Gasteiger partial charge on any atom is -0.312 e. The van der Waals surface area contributed by atoms with Crippen molar-refractivity contribution in [3.8, 4) is 0 Å². The normalized spacial score (nSPS) is 10.9. The lowest BCUT2D eigenvalue weighted by atomic mass is 10.1. The first-order chi connectivity index (χ1) is 9.43. The molecule has 0 unspecified atom stereocenters. The first-order valence-electron chi connectivity index (χ1n) is 6.30. The van der Waals surface area contributed by atoms with Gasteiger partial charge in [-0.25, -0.2) is 4.98 Å². The summed E-state index contributed by atoms with van der Waals surface area (Å²) in [5.74, 6) is 0.906. The first kappa shape index (κ1) is 11.8. The maximum atomic E-state index is 4.27. The van der Waals surface area contributed by atoms with Crippen LogP contribution in [0.25, 0.3) is 10.8 Å². The van der Waals surface area contributed by atoms with Crippen LogP contribution in [0.4, 0.5) is 0 Å². The lowest BCUT2D eigenvalue weighted by Gasteiger charge is -2.07. The van der Waals surface area contributed by atoms with Crippen molar-refractivity contribution in [2.75, 3.05) is 6.54 Å². The van der Waals surface area contributed by atoms with E-state index in [1.165, 1.54) is 22.7 Å². The summed E-state index contributed by atoms with van der Waals surface area (Å²) in [6.45, 7) is 1.67. The third kappa shape index (κ3) is 2.77. The highest BCUT2D eigenvalue weighted by molar-refractivity contribution is 5.84. The Morgan fingerprint density at radius 2 is 2.11 bits per heavy atom. The second-order valence-electron chi connectivity index (χ2n) is 4.38. The molecular formula is C14H15N5. The van der Waals surface area contributed by atoms with Gasteiger partial charge in [-0.2, -0.15) is 5.10 Å². The van der Waals surface area contributed by atoms with Crippen molar-refractivity contribution in [1.29, 1.82) is 0 Å². The Morgan fingerprint density at radius 1 is 1.16 bits per heavy atom. The van der Waals surface area contributed by atoms with Gasteiger partial charge < -0.3 is 5.32 Å². The van der Waals surface area contributed by atoms with Crippen molar-refractivity contribution in [1.82, 2.24) is 25.5 Å². The molecule has 2 aromatic heterocycles. The van der Waals surface area contributed by atoms with Crippen LogP contribution in [-0.4, -0.2) is 26.7 Å². The van der Waals surface area contributed by atoms with Crippen LogP contribution in [-0.2, 0) is 13.0 Å². The van der Waals surface area contributed by atoms with Gasteiger partial charge in [-0.3, -0.25) is 10.1 Å². The molecule has 0 amide bonds. The van der Waals surface area contributed by atoms with Crippen LogP contribution in [0.3, 0.4) is 0 Å². The molecule has 0 atom stereocenters. The second kappa shape index (κ2) is 5.58. The van der Waals surface area contributed by atoms with Crippen LogP contribution in [0.15, 0.2) is 43.0 Å². The maximum Gasteiger partial charge on any atom is 0.137 e. The summed E-state index contributed by atoms with van der Waals surface area (Å²) >= 11 is 0. The molecule has 0 bridgehead atoms. The van der Waals surface area contributed by atoms with Crippen molar-refractivity contribution in [3.05, 3.63) is 54.4 Å². The lowest BCUT2D eigenvalue weighted by molar-refractivity contribution is 0.673. The van der Waals surface area contributed by atoms with Crippen molar-refractivity contribution < 1.29 is 0 Å². The number of nitrogens with zero attached hydrogens (tertiary/aromatic N) is 3. The SMILES string of the molecule is c1ccc2c(CNCCc3ncn[nH]3)cncc2c1. The van der Waals surface area contributed by atoms with Crippen LogP contribution in [0.5, 0.6) is 0 Å². The number of aromatic nitrogens is 4. The van der Waals surface area contributed by atoms with Gasteiger partial charge in [0.05, 0.1) is 0 Å². The first-order valence-corrected chi connectivity index (χ1v) is 6.30. The molecule has 2 heterocycles. The zero-order chi connectivity index (χ0) is 12.9. The predicted octanol–water partition coefficient (Wildman–Crippen LogP) is 1.69. The number of benzene rings is 1. The van der Waals surface area contributed by atoms with E-state index >= 15 is 0 Å². The van der Waals surface area contributed by atoms with Crippen LogP contribution >= 0.6 is 0 Å². The van der Waals surface area contributed by atoms with Crippen molar-refractivity contribution in [2.45, 2.75) is 13.0 Å². The Bertz CT molecular complexity index is 643. The third-order valence-corrected chi connectivity index (χ3v) is 3.07. The van der Waals surface area contributed by atoms with Gasteiger partial charge in [0.1, 0.15) is 12.2 Å². The van der Waals surface area contributed by atoms with Gasteiger partial charge in [-0.15, -0.1) is 0 Å². The van der Waals surface area contributed by atoms with E-state index in [2.05, 4.69) is 43.7 Å². The minimum atomic E-state index is 0.808. The highest BCUT2D eigenvalue weighted by Gasteiger charge is 2.01. The van der Waals surface area contributed by atoms with E-state index in [4.69, 9.17) is 0 Å². The van der Waals surface area contributed by atoms with Crippen LogP contribution in [0.1, 0.15) is 11.4 Å². The van der Waals surface area contributed by atoms with E-state index in [1.807, 2.05) is 18.5 Å². The predicted molar refractivity (Wildman–Crippen MR) is 73.5 cm³/mol. The number of nitrogens with one attached hydrogen (secondary N) is 2. The highest BCUT2D eigenvalue weighted by atomic mass is 15.2. The van der Waals surface area contributed by atoms with E-state index in [0.717, 1.165) is 25.3 Å². The number of aromatic amines is 1. The quantitative estimate of drug-likeness (QED) is 0.679. The molecule has 19 heavy (non-hydrogen) atoms. The minimum absolute atomic E-state index is 0.808. The van der Waals surface area contributed by atoms with Crippen molar-refractivity contribution >= 4 is 10.8 Å². The summed E-state index contributed by atoms with van der Waals surface area (Å²) in [5, 5.41) is 12.5. The molecule has 0 aliphatic heterocycles. The van der Waals surface area contributed by atoms with Crippen LogP contribution in [0, 0.1) is 0 Å². The zero-order valence-corrected chi connectivity index (χ0v) is 10.5. The van der Waals surface area contributed by atoms with Gasteiger partial charge in [-0.1, -0.05) is 24.3 Å². The lowest BCUT2D eigenvalue weighted by Crippen LogP contribution is -2.17. The third-order valence-electron chi connectivity index (χ3n) is 3.07. The molecule has 96 valence electrons. The fourth-order valence-electron chi connectivity index (χ4n) is 2.10. The maximum absolute atomic E-state index is 4.27. The van der Waals surface area contributed by atoms with Crippen molar-refractivity contribution in [2.24, 2.45) is 0 Å². The molecule has 0 fully saturated rings. The second-order valence-corrected chi connectivity index (χ2v) is 4.38. The Balaban J connectivity index is 1.62. The highest BCUT2D eigenvalue weighted by Crippen LogP contribution is 2.16. The number of fused-ring (bicyclic) bond motifs is 1. The van der Waals surface area contributed by atoms with Gasteiger partial charge in [0.25, 0.3) is 0 Å². The fraction of sp³-hybridized carbons (Fsp3) is 0.214. The number of pyridine rings is 1. The van der Waals surface area contributed by atoms with Gasteiger partial charge in [0.2, 0.25) is 0 Å². The molecule has 0 spiro atoms. The molecule has 0 aliphatic carbocycles. The van der Waals surface area contributed by atoms with Gasteiger partial charge in [-0.05, 0) is 10.9 Å². The van der Waals surface area contributed by atoms with Crippen LogP contribution < -0.4 is 5.32 Å². The number of rotatable bonds is 5. The molecular weight excluding hydrogens is 238 g/mol. The van der Waals surface area contributed by atoms with Gasteiger partial charge in [0, 0.05) is 37.3 Å². The topological polar surface area (TPSA) is 66.5 Å². The summed E-state index contributed by atoms with van der Waals surface area (Å²) in [7, 11) is 0. The summed E-state index contributed by atoms with van der Waals surface area (Å²) in [6.07, 6.45) is 6.19. The number of H-pyrrole nitrogens is 1. The number of hydrogen-bond donors (Lipinski definition) is 2. The smallest absolute Gasteiger partial charge is 0.137 e. The molecule has 0 saturated carbocycles. The molecule has 0 saturated heterocycles. The molecule has 3 aromatic rings. The Labute approximate surface area is 111 Å². The number of hydrogen-bond acceptors (Lipinski definition) is 4. The van der Waals surface area contributed by atoms with Crippen molar-refractivity contribution in [3.63, 3.8) is 0 Å². The van der Waals surface area contributed by atoms with E-state index in [0.29, 0.717) is 0 Å². The summed E-state index contributed by atoms with van der Waals surface area (Å²) < 4.78 is 0. The van der Waals surface area contributed by atoms with E-state index in [-0.39, 0.29) is 0 Å². The summed E-state index contributed by atoms with van der Waals surface area (Å²) in [4.78, 5) is 8.36. The Morgan fingerprint density at radius 3 is 3.00 bits per heavy atom. The van der Waals surface area contributed by atoms with Gasteiger partial charge >= 0.3 is 0 Å². The average molecular weight is 253 g/mol. The zero-order valence-electron chi connectivity index (χ0n) is 10.5. The summed E-state index contributed by atoms with van der Waals surface area (Å²) in [5.41, 5.74) is 1.22. The molecule has 5 heteroatoms. The van der Waals surface area contributed by atoms with E-state index < -0.39 is 0 Å². The molecule has 5 nitrogen and oxygen atoms in total. The molecule has 0 aliphatic rings. The molecule has 2 N–H and O–H groups in total. The molecule has 3 rings (SSSR count). The Hall–Kier alpha value is -2.27. The van der Waals surface area contributed by atoms with Gasteiger partial charge in [0.15, 0.2) is 0 Å². The monoisotopic (exact) mass is 253 g/mol. The van der Waals surface area contributed by atoms with E-state index in [1.54, 1.807) is 0 Å². The van der Waals surface area contributed by atoms with Crippen LogP contribution in [0.2, 0.25) is 0 Å². The molecule has 0 radical (unpaired) electrons. The standard InChI is InChI=1S/C14H15N5/c1-2-4-13-11(3-1)7-16-9-12(13)8-15-6-5-14-17-10-18-19-14/h1-4,7,9-10,15H,5-6,8H2,(H,17,18,19). The Kier molecular flexibility index (Phi) is 3.47. The molecule has 1 aromatic carbocycles. The largest absolute Gasteiger partial charge is 0.312 e. The summed E-state index contributed by atoms with van der Waals surface area (Å²) in [6, 6.07) is 8.30. The average Bonchev–Trinajstić information content (AvgIpc) is 2.97.